The molecule has 204 valence electrons. The zero-order valence-corrected chi connectivity index (χ0v) is 23.0. The third-order valence-electron chi connectivity index (χ3n) is 6.86. The van der Waals surface area contributed by atoms with Crippen LogP contribution in [0.1, 0.15) is 10.4 Å². The van der Waals surface area contributed by atoms with Gasteiger partial charge in [0.25, 0.3) is 5.91 Å². The Morgan fingerprint density at radius 3 is 2.62 bits per heavy atom. The molecule has 11 heteroatoms. The molecular weight excluding hydrogens is 521 g/mol. The number of benzene rings is 2. The molecule has 0 bridgehead atoms. The highest BCUT2D eigenvalue weighted by Gasteiger charge is 2.24. The maximum Gasteiger partial charge on any atom is 0.255 e. The second kappa shape index (κ2) is 11.6. The third kappa shape index (κ3) is 5.83. The molecular formula is C28H31ClFN7O2. The number of nitrogens with zero attached hydrogens (tertiary/aromatic N) is 6. The summed E-state index contributed by atoms with van der Waals surface area (Å²) in [5.41, 5.74) is 3.07. The molecule has 2 aromatic heterocycles. The summed E-state index contributed by atoms with van der Waals surface area (Å²) in [5, 5.41) is 3.61. The van der Waals surface area contributed by atoms with Crippen LogP contribution in [0.15, 0.2) is 55.0 Å². The van der Waals surface area contributed by atoms with E-state index in [1.54, 1.807) is 48.9 Å². The number of halogens is 2. The van der Waals surface area contributed by atoms with Gasteiger partial charge >= 0.3 is 0 Å². The first kappa shape index (κ1) is 26.9. The van der Waals surface area contributed by atoms with Gasteiger partial charge in [-0.3, -0.25) is 14.1 Å². The summed E-state index contributed by atoms with van der Waals surface area (Å²) < 4.78 is 21.2. The van der Waals surface area contributed by atoms with E-state index >= 15 is 0 Å². The summed E-state index contributed by atoms with van der Waals surface area (Å²) in [5.74, 6) is 0.163. The second-order valence-corrected chi connectivity index (χ2v) is 10.1. The number of anilines is 2. The Kier molecular flexibility index (Phi) is 7.97. The van der Waals surface area contributed by atoms with E-state index in [9.17, 15) is 9.18 Å². The number of hydrogen-bond acceptors (Lipinski definition) is 7. The second-order valence-electron chi connectivity index (χ2n) is 9.72. The Labute approximate surface area is 231 Å². The molecule has 0 spiro atoms. The van der Waals surface area contributed by atoms with Gasteiger partial charge in [-0.15, -0.1) is 0 Å². The molecule has 3 heterocycles. The highest BCUT2D eigenvalue weighted by molar-refractivity contribution is 6.34. The van der Waals surface area contributed by atoms with E-state index in [2.05, 4.69) is 39.2 Å². The lowest BCUT2D eigenvalue weighted by molar-refractivity contribution is 0.0630. The van der Waals surface area contributed by atoms with Gasteiger partial charge < -0.3 is 19.9 Å². The Bertz CT molecular complexity index is 1480. The number of amides is 1. The highest BCUT2D eigenvalue weighted by atomic mass is 35.5. The van der Waals surface area contributed by atoms with Crippen LogP contribution < -0.4 is 10.1 Å². The maximum absolute atomic E-state index is 14.3. The summed E-state index contributed by atoms with van der Waals surface area (Å²) in [6, 6.07) is 10.0. The first-order valence-electron chi connectivity index (χ1n) is 12.7. The Hall–Kier alpha value is -3.73. The van der Waals surface area contributed by atoms with Crippen molar-refractivity contribution >= 4 is 34.7 Å². The average molecular weight is 552 g/mol. The zero-order valence-electron chi connectivity index (χ0n) is 22.2. The lowest BCUT2D eigenvalue weighted by atomic mass is 10.1. The van der Waals surface area contributed by atoms with Crippen molar-refractivity contribution in [2.24, 2.45) is 0 Å². The lowest BCUT2D eigenvalue weighted by Crippen LogP contribution is -2.50. The molecule has 0 atom stereocenters. The topological polar surface area (TPSA) is 78.2 Å². The number of imidazole rings is 1. The number of hydrogen-bond donors (Lipinski definition) is 1. The van der Waals surface area contributed by atoms with Crippen LogP contribution >= 0.6 is 11.6 Å². The molecule has 1 saturated heterocycles. The molecule has 1 N–H and O–H groups in total. The van der Waals surface area contributed by atoms with Gasteiger partial charge in [-0.2, -0.15) is 0 Å². The maximum atomic E-state index is 14.3. The number of rotatable bonds is 8. The minimum absolute atomic E-state index is 0.0661. The Morgan fingerprint density at radius 1 is 1.13 bits per heavy atom. The van der Waals surface area contributed by atoms with Crippen LogP contribution in [0.25, 0.3) is 16.9 Å². The predicted octanol–water partition coefficient (Wildman–Crippen LogP) is 4.26. The largest absolute Gasteiger partial charge is 0.494 e. The first-order valence-corrected chi connectivity index (χ1v) is 13.1. The standard InChI is InChI=1S/C28H31ClFN7O2/c1-34(2)10-11-35-12-14-36(15-13-35)28(38)21-6-5-20(17-22(21)29)33-26-27-32-18-24(37(27)9-8-31-26)19-4-7-25(39-3)23(30)16-19/h4-9,16-18H,10-15H2,1-3H3,(H,31,33). The quantitative estimate of drug-likeness (QED) is 0.350. The van der Waals surface area contributed by atoms with Crippen LogP contribution in [0.3, 0.4) is 0 Å². The fourth-order valence-electron chi connectivity index (χ4n) is 4.64. The highest BCUT2D eigenvalue weighted by Crippen LogP contribution is 2.29. The van der Waals surface area contributed by atoms with Gasteiger partial charge in [0, 0.05) is 62.9 Å². The summed E-state index contributed by atoms with van der Waals surface area (Å²) in [4.78, 5) is 28.5. The van der Waals surface area contributed by atoms with Crippen LogP contribution in [0, 0.1) is 5.82 Å². The van der Waals surface area contributed by atoms with Gasteiger partial charge in [0.2, 0.25) is 0 Å². The number of fused-ring (bicyclic) bond motifs is 1. The lowest BCUT2D eigenvalue weighted by Gasteiger charge is -2.35. The van der Waals surface area contributed by atoms with Gasteiger partial charge in [0.05, 0.1) is 29.6 Å². The van der Waals surface area contributed by atoms with Crippen molar-refractivity contribution in [3.8, 4) is 17.0 Å². The smallest absolute Gasteiger partial charge is 0.255 e. The average Bonchev–Trinajstić information content (AvgIpc) is 3.37. The van der Waals surface area contributed by atoms with E-state index in [4.69, 9.17) is 16.3 Å². The number of aromatic nitrogens is 3. The monoisotopic (exact) mass is 551 g/mol. The molecule has 1 fully saturated rings. The summed E-state index contributed by atoms with van der Waals surface area (Å²) >= 11 is 6.57. The number of nitrogens with one attached hydrogen (secondary N) is 1. The molecule has 4 aromatic rings. The molecule has 1 amide bonds. The van der Waals surface area contributed by atoms with E-state index in [0.717, 1.165) is 26.2 Å². The fraction of sp³-hybridized carbons (Fsp3) is 0.321. The molecule has 0 saturated carbocycles. The van der Waals surface area contributed by atoms with Crippen molar-refractivity contribution in [1.29, 1.82) is 0 Å². The van der Waals surface area contributed by atoms with Crippen LogP contribution in [0.5, 0.6) is 5.75 Å². The molecule has 1 aliphatic rings. The van der Waals surface area contributed by atoms with Gasteiger partial charge in [-0.25, -0.2) is 14.4 Å². The number of likely N-dealkylation sites (N-methyl/N-ethyl adjacent to an activating group) is 1. The van der Waals surface area contributed by atoms with Crippen molar-refractivity contribution < 1.29 is 13.9 Å². The van der Waals surface area contributed by atoms with Crippen molar-refractivity contribution in [2.45, 2.75) is 0 Å². The summed E-state index contributed by atoms with van der Waals surface area (Å²) in [6.07, 6.45) is 5.07. The summed E-state index contributed by atoms with van der Waals surface area (Å²) in [6.45, 7) is 5.04. The SMILES string of the molecule is COc1ccc(-c2cnc3c(Nc4ccc(C(=O)N5CCN(CCN(C)C)CC5)c(Cl)c4)nccn23)cc1F. The minimum atomic E-state index is -0.451. The van der Waals surface area contributed by atoms with Gasteiger partial charge in [0.1, 0.15) is 0 Å². The molecule has 0 aliphatic carbocycles. The Balaban J connectivity index is 1.30. The van der Waals surface area contributed by atoms with Gasteiger partial charge in [0.15, 0.2) is 23.0 Å². The molecule has 2 aromatic carbocycles. The molecule has 9 nitrogen and oxygen atoms in total. The van der Waals surface area contributed by atoms with E-state index in [0.29, 0.717) is 52.1 Å². The first-order chi connectivity index (χ1) is 18.8. The third-order valence-corrected chi connectivity index (χ3v) is 7.17. The predicted molar refractivity (Wildman–Crippen MR) is 151 cm³/mol. The Morgan fingerprint density at radius 2 is 1.92 bits per heavy atom. The van der Waals surface area contributed by atoms with E-state index in [-0.39, 0.29) is 11.7 Å². The number of methoxy groups -OCH3 is 1. The zero-order chi connectivity index (χ0) is 27.5. The van der Waals surface area contributed by atoms with Crippen molar-refractivity contribution in [1.82, 2.24) is 29.1 Å². The normalized spacial score (nSPS) is 14.3. The van der Waals surface area contributed by atoms with Gasteiger partial charge in [-0.1, -0.05) is 11.6 Å². The van der Waals surface area contributed by atoms with Crippen molar-refractivity contribution in [2.75, 3.05) is 65.8 Å². The number of piperazine rings is 1. The molecule has 1 aliphatic heterocycles. The van der Waals surface area contributed by atoms with Crippen molar-refractivity contribution in [3.63, 3.8) is 0 Å². The van der Waals surface area contributed by atoms with Crippen LogP contribution in [0.2, 0.25) is 5.02 Å². The molecule has 5 rings (SSSR count). The van der Waals surface area contributed by atoms with E-state index in [1.165, 1.54) is 13.2 Å². The van der Waals surface area contributed by atoms with Crippen LogP contribution in [-0.2, 0) is 0 Å². The molecule has 39 heavy (non-hydrogen) atoms. The van der Waals surface area contributed by atoms with Crippen molar-refractivity contribution in [3.05, 3.63) is 71.4 Å². The minimum Gasteiger partial charge on any atom is -0.494 e. The number of ether oxygens (including phenoxy) is 1. The van der Waals surface area contributed by atoms with Gasteiger partial charge in [-0.05, 0) is 50.5 Å². The van der Waals surface area contributed by atoms with Crippen LogP contribution in [0.4, 0.5) is 15.9 Å². The summed E-state index contributed by atoms with van der Waals surface area (Å²) in [7, 11) is 5.56. The molecule has 0 unspecified atom stereocenters. The van der Waals surface area contributed by atoms with Crippen LogP contribution in [-0.4, -0.2) is 95.4 Å². The number of carbonyl (C=O) groups excluding carboxylic acids is 1. The number of carbonyl (C=O) groups is 1. The van der Waals surface area contributed by atoms with E-state index in [1.807, 2.05) is 9.30 Å². The fourth-order valence-corrected chi connectivity index (χ4v) is 4.90. The molecule has 0 radical (unpaired) electrons. The van der Waals surface area contributed by atoms with E-state index < -0.39 is 5.82 Å².